The number of carbonyl (C=O) groups is 2. The molecule has 0 bridgehead atoms. The Kier molecular flexibility index (Phi) is 8.35. The van der Waals surface area contributed by atoms with E-state index >= 15 is 0 Å². The van der Waals surface area contributed by atoms with Crippen molar-refractivity contribution in [2.24, 2.45) is 5.92 Å². The Morgan fingerprint density at radius 1 is 1.24 bits per heavy atom. The SMILES string of the molecule is COCCOCC(=O)N(C)CC(C)C(=O)OC. The fourth-order valence-electron chi connectivity index (χ4n) is 1.20. The molecule has 1 atom stereocenters. The van der Waals surface area contributed by atoms with Crippen molar-refractivity contribution in [3.05, 3.63) is 0 Å². The van der Waals surface area contributed by atoms with Crippen LogP contribution in [0.3, 0.4) is 0 Å². The molecule has 6 nitrogen and oxygen atoms in total. The summed E-state index contributed by atoms with van der Waals surface area (Å²) in [6, 6.07) is 0. The molecule has 0 aliphatic rings. The molecular weight excluding hydrogens is 226 g/mol. The van der Waals surface area contributed by atoms with Gasteiger partial charge in [0.05, 0.1) is 26.2 Å². The van der Waals surface area contributed by atoms with Gasteiger partial charge < -0.3 is 19.1 Å². The number of rotatable bonds is 8. The number of amides is 1. The van der Waals surface area contributed by atoms with Gasteiger partial charge in [-0.05, 0) is 0 Å². The minimum atomic E-state index is -0.340. The lowest BCUT2D eigenvalue weighted by Crippen LogP contribution is -2.36. The van der Waals surface area contributed by atoms with Crippen LogP contribution < -0.4 is 0 Å². The zero-order valence-electron chi connectivity index (χ0n) is 10.9. The van der Waals surface area contributed by atoms with Crippen molar-refractivity contribution in [2.45, 2.75) is 6.92 Å². The highest BCUT2D eigenvalue weighted by atomic mass is 16.5. The molecular formula is C11H21NO5. The van der Waals surface area contributed by atoms with E-state index in [0.717, 1.165) is 0 Å². The first-order chi connectivity index (χ1) is 8.02. The second-order valence-electron chi connectivity index (χ2n) is 3.74. The maximum absolute atomic E-state index is 11.6. The van der Waals surface area contributed by atoms with Gasteiger partial charge in [0.2, 0.25) is 5.91 Å². The van der Waals surface area contributed by atoms with Gasteiger partial charge in [-0.15, -0.1) is 0 Å². The number of ether oxygens (including phenoxy) is 3. The van der Waals surface area contributed by atoms with Crippen molar-refractivity contribution in [1.29, 1.82) is 0 Å². The van der Waals surface area contributed by atoms with E-state index in [2.05, 4.69) is 4.74 Å². The molecule has 0 aromatic heterocycles. The molecule has 0 aromatic rings. The van der Waals surface area contributed by atoms with Gasteiger partial charge in [0.1, 0.15) is 6.61 Å². The van der Waals surface area contributed by atoms with Crippen LogP contribution in [0.1, 0.15) is 6.92 Å². The van der Waals surface area contributed by atoms with Crippen LogP contribution in [0.2, 0.25) is 0 Å². The summed E-state index contributed by atoms with van der Waals surface area (Å²) in [5.41, 5.74) is 0. The zero-order valence-corrected chi connectivity index (χ0v) is 10.9. The Balaban J connectivity index is 3.84. The van der Waals surface area contributed by atoms with Crippen LogP contribution >= 0.6 is 0 Å². The molecule has 1 amide bonds. The molecule has 0 rings (SSSR count). The normalized spacial score (nSPS) is 12.0. The van der Waals surface area contributed by atoms with E-state index in [1.165, 1.54) is 12.0 Å². The maximum Gasteiger partial charge on any atom is 0.310 e. The molecule has 0 aliphatic carbocycles. The van der Waals surface area contributed by atoms with Crippen molar-refractivity contribution in [2.75, 3.05) is 47.6 Å². The van der Waals surface area contributed by atoms with Crippen LogP contribution in [0.5, 0.6) is 0 Å². The summed E-state index contributed by atoms with van der Waals surface area (Å²) in [5, 5.41) is 0. The number of nitrogens with zero attached hydrogens (tertiary/aromatic N) is 1. The molecule has 0 saturated carbocycles. The topological polar surface area (TPSA) is 65.1 Å². The predicted octanol–water partition coefficient (Wildman–Crippen LogP) is -0.0831. The second-order valence-corrected chi connectivity index (χ2v) is 3.74. The summed E-state index contributed by atoms with van der Waals surface area (Å²) < 4.78 is 14.5. The molecule has 0 aliphatic heterocycles. The highest BCUT2D eigenvalue weighted by molar-refractivity contribution is 5.78. The van der Waals surface area contributed by atoms with Crippen LogP contribution in [0.4, 0.5) is 0 Å². The van der Waals surface area contributed by atoms with Crippen LogP contribution in [-0.2, 0) is 23.8 Å². The van der Waals surface area contributed by atoms with Crippen LogP contribution in [0.25, 0.3) is 0 Å². The van der Waals surface area contributed by atoms with Crippen LogP contribution in [0, 0.1) is 5.92 Å². The lowest BCUT2D eigenvalue weighted by molar-refractivity contribution is -0.146. The van der Waals surface area contributed by atoms with E-state index < -0.39 is 0 Å². The summed E-state index contributed by atoms with van der Waals surface area (Å²) in [6.07, 6.45) is 0. The van der Waals surface area contributed by atoms with Crippen molar-refractivity contribution in [3.8, 4) is 0 Å². The number of hydrogen-bond acceptors (Lipinski definition) is 5. The number of hydrogen-bond donors (Lipinski definition) is 0. The molecule has 0 saturated heterocycles. The van der Waals surface area contributed by atoms with Crippen molar-refractivity contribution in [3.63, 3.8) is 0 Å². The molecule has 1 unspecified atom stereocenters. The number of likely N-dealkylation sites (N-methyl/N-ethyl adjacent to an activating group) is 1. The highest BCUT2D eigenvalue weighted by Crippen LogP contribution is 2.01. The van der Waals surface area contributed by atoms with Gasteiger partial charge in [0.15, 0.2) is 0 Å². The Morgan fingerprint density at radius 3 is 2.41 bits per heavy atom. The van der Waals surface area contributed by atoms with Crippen molar-refractivity contribution >= 4 is 11.9 Å². The summed E-state index contributed by atoms with van der Waals surface area (Å²) in [5.74, 6) is -0.838. The summed E-state index contributed by atoms with van der Waals surface area (Å²) in [6.45, 7) is 2.85. The number of esters is 1. The minimum absolute atomic E-state index is 0.00620. The zero-order chi connectivity index (χ0) is 13.3. The van der Waals surface area contributed by atoms with Gasteiger partial charge in [-0.25, -0.2) is 0 Å². The Hall–Kier alpha value is -1.14. The third-order valence-electron chi connectivity index (χ3n) is 2.23. The lowest BCUT2D eigenvalue weighted by Gasteiger charge is -2.20. The van der Waals surface area contributed by atoms with E-state index in [9.17, 15) is 9.59 Å². The second kappa shape index (κ2) is 8.95. The van der Waals surface area contributed by atoms with E-state index in [4.69, 9.17) is 9.47 Å². The molecule has 0 heterocycles. The molecule has 0 aromatic carbocycles. The highest BCUT2D eigenvalue weighted by Gasteiger charge is 2.18. The maximum atomic E-state index is 11.6. The molecule has 6 heteroatoms. The molecule has 0 N–H and O–H groups in total. The average Bonchev–Trinajstić information content (AvgIpc) is 2.32. The van der Waals surface area contributed by atoms with Gasteiger partial charge in [0, 0.05) is 20.7 Å². The first-order valence-electron chi connectivity index (χ1n) is 5.41. The van der Waals surface area contributed by atoms with E-state index in [-0.39, 0.29) is 24.4 Å². The van der Waals surface area contributed by atoms with Gasteiger partial charge >= 0.3 is 5.97 Å². The lowest BCUT2D eigenvalue weighted by atomic mass is 10.2. The largest absolute Gasteiger partial charge is 0.469 e. The Bertz CT molecular complexity index is 244. The average molecular weight is 247 g/mol. The molecule has 0 fully saturated rings. The standard InChI is InChI=1S/C11H21NO5/c1-9(11(14)16-4)7-12(2)10(13)8-17-6-5-15-3/h9H,5-8H2,1-4H3. The van der Waals surface area contributed by atoms with Crippen molar-refractivity contribution in [1.82, 2.24) is 4.90 Å². The Labute approximate surface area is 102 Å². The van der Waals surface area contributed by atoms with Gasteiger partial charge in [-0.3, -0.25) is 9.59 Å². The van der Waals surface area contributed by atoms with Gasteiger partial charge in [-0.1, -0.05) is 6.92 Å². The van der Waals surface area contributed by atoms with E-state index in [1.54, 1.807) is 21.1 Å². The molecule has 0 spiro atoms. The molecule has 17 heavy (non-hydrogen) atoms. The van der Waals surface area contributed by atoms with E-state index in [0.29, 0.717) is 19.8 Å². The third kappa shape index (κ3) is 6.91. The van der Waals surface area contributed by atoms with Gasteiger partial charge in [0.25, 0.3) is 0 Å². The summed E-state index contributed by atoms with van der Waals surface area (Å²) in [7, 11) is 4.52. The minimum Gasteiger partial charge on any atom is -0.469 e. The third-order valence-corrected chi connectivity index (χ3v) is 2.23. The Morgan fingerprint density at radius 2 is 1.88 bits per heavy atom. The monoisotopic (exact) mass is 247 g/mol. The first kappa shape index (κ1) is 15.9. The first-order valence-corrected chi connectivity index (χ1v) is 5.41. The van der Waals surface area contributed by atoms with E-state index in [1.807, 2.05) is 0 Å². The van der Waals surface area contributed by atoms with Gasteiger partial charge in [-0.2, -0.15) is 0 Å². The number of carbonyl (C=O) groups excluding carboxylic acids is 2. The van der Waals surface area contributed by atoms with Crippen LogP contribution in [0.15, 0.2) is 0 Å². The quantitative estimate of drug-likeness (QED) is 0.443. The predicted molar refractivity (Wildman–Crippen MR) is 61.5 cm³/mol. The summed E-state index contributed by atoms with van der Waals surface area (Å²) in [4.78, 5) is 24.2. The number of methoxy groups -OCH3 is 2. The smallest absolute Gasteiger partial charge is 0.310 e. The molecule has 0 radical (unpaired) electrons. The van der Waals surface area contributed by atoms with Crippen molar-refractivity contribution < 1.29 is 23.8 Å². The molecule has 100 valence electrons. The fourth-order valence-corrected chi connectivity index (χ4v) is 1.20. The summed E-state index contributed by atoms with van der Waals surface area (Å²) >= 11 is 0. The van der Waals surface area contributed by atoms with Crippen LogP contribution in [-0.4, -0.2) is 64.4 Å². The fraction of sp³-hybridized carbons (Fsp3) is 0.818.